The first-order chi connectivity index (χ1) is 17.1. The highest BCUT2D eigenvalue weighted by atomic mass is 32.2. The molecule has 5 rings (SSSR count). The molecule has 7 nitrogen and oxygen atoms in total. The van der Waals surface area contributed by atoms with Crippen molar-refractivity contribution in [1.82, 2.24) is 9.47 Å². The van der Waals surface area contributed by atoms with Crippen LogP contribution in [0.1, 0.15) is 11.5 Å². The molecular formula is C27H23N3O4S. The summed E-state index contributed by atoms with van der Waals surface area (Å²) in [6.45, 7) is 0.296. The number of benzene rings is 2. The zero-order chi connectivity index (χ0) is 24.2. The fourth-order valence-electron chi connectivity index (χ4n) is 3.68. The van der Waals surface area contributed by atoms with E-state index in [-0.39, 0.29) is 5.91 Å². The average Bonchev–Trinajstić information content (AvgIpc) is 3.64. The Morgan fingerprint density at radius 1 is 0.943 bits per heavy atom. The van der Waals surface area contributed by atoms with Gasteiger partial charge in [0, 0.05) is 17.6 Å². The first-order valence-electron chi connectivity index (χ1n) is 10.9. The van der Waals surface area contributed by atoms with Gasteiger partial charge in [-0.25, -0.2) is 4.99 Å². The SMILES string of the molecule is COc1ccc(N=C2S/C(=C\c3cccn3-c3ccc(OC)cc3)C(=O)N2Cc2ccco2)cc1. The molecule has 0 N–H and O–H groups in total. The highest BCUT2D eigenvalue weighted by molar-refractivity contribution is 8.18. The van der Waals surface area contributed by atoms with Gasteiger partial charge < -0.3 is 18.5 Å². The largest absolute Gasteiger partial charge is 0.497 e. The van der Waals surface area contributed by atoms with Gasteiger partial charge >= 0.3 is 0 Å². The Balaban J connectivity index is 1.48. The molecule has 0 spiro atoms. The van der Waals surface area contributed by atoms with Crippen LogP contribution in [0.3, 0.4) is 0 Å². The molecule has 2 aromatic carbocycles. The van der Waals surface area contributed by atoms with Crippen LogP contribution >= 0.6 is 11.8 Å². The molecule has 1 aliphatic rings. The van der Waals surface area contributed by atoms with Crippen LogP contribution in [0.2, 0.25) is 0 Å². The summed E-state index contributed by atoms with van der Waals surface area (Å²) in [4.78, 5) is 20.4. The van der Waals surface area contributed by atoms with Gasteiger partial charge in [-0.2, -0.15) is 0 Å². The molecule has 0 saturated carbocycles. The molecule has 8 heteroatoms. The molecule has 0 aliphatic carbocycles. The number of furan rings is 1. The predicted octanol–water partition coefficient (Wildman–Crippen LogP) is 5.89. The third kappa shape index (κ3) is 4.88. The van der Waals surface area contributed by atoms with Gasteiger partial charge in [0.05, 0.1) is 37.6 Å². The third-order valence-corrected chi connectivity index (χ3v) is 6.50. The number of rotatable bonds is 7. The number of carbonyl (C=O) groups is 1. The van der Waals surface area contributed by atoms with Gasteiger partial charge in [-0.15, -0.1) is 0 Å². The zero-order valence-corrected chi connectivity index (χ0v) is 20.1. The zero-order valence-electron chi connectivity index (χ0n) is 19.3. The highest BCUT2D eigenvalue weighted by Crippen LogP contribution is 2.36. The van der Waals surface area contributed by atoms with Gasteiger partial charge in [-0.1, -0.05) is 0 Å². The minimum atomic E-state index is -0.124. The fourth-order valence-corrected chi connectivity index (χ4v) is 4.66. The maximum absolute atomic E-state index is 13.5. The second-order valence-corrected chi connectivity index (χ2v) is 8.68. The highest BCUT2D eigenvalue weighted by Gasteiger charge is 2.34. The van der Waals surface area contributed by atoms with Crippen LogP contribution in [0.25, 0.3) is 11.8 Å². The number of methoxy groups -OCH3 is 2. The minimum Gasteiger partial charge on any atom is -0.497 e. The molecule has 1 saturated heterocycles. The fraction of sp³-hybridized carbons (Fsp3) is 0.111. The summed E-state index contributed by atoms with van der Waals surface area (Å²) >= 11 is 1.34. The van der Waals surface area contributed by atoms with E-state index in [1.54, 1.807) is 25.4 Å². The smallest absolute Gasteiger partial charge is 0.267 e. The lowest BCUT2D eigenvalue weighted by molar-refractivity contribution is -0.122. The van der Waals surface area contributed by atoms with Crippen molar-refractivity contribution in [2.24, 2.45) is 4.99 Å². The molecule has 4 aromatic rings. The number of aromatic nitrogens is 1. The summed E-state index contributed by atoms with van der Waals surface area (Å²) in [6, 6.07) is 22.8. The van der Waals surface area contributed by atoms with Gasteiger partial charge in [0.25, 0.3) is 5.91 Å². The summed E-state index contributed by atoms with van der Waals surface area (Å²) in [5.74, 6) is 2.09. The first kappa shape index (κ1) is 22.6. The van der Waals surface area contributed by atoms with Crippen molar-refractivity contribution in [2.45, 2.75) is 6.54 Å². The number of ether oxygens (including phenoxy) is 2. The molecule has 1 amide bonds. The molecule has 1 aliphatic heterocycles. The average molecular weight is 486 g/mol. The second-order valence-electron chi connectivity index (χ2n) is 7.67. The van der Waals surface area contributed by atoms with Crippen molar-refractivity contribution in [3.8, 4) is 17.2 Å². The van der Waals surface area contributed by atoms with Crippen LogP contribution in [0.5, 0.6) is 11.5 Å². The number of hydrogen-bond donors (Lipinski definition) is 0. The van der Waals surface area contributed by atoms with Crippen LogP contribution in [0.15, 0.2) is 99.6 Å². The molecular weight excluding hydrogens is 462 g/mol. The molecule has 3 heterocycles. The van der Waals surface area contributed by atoms with E-state index in [1.807, 2.05) is 89.6 Å². The molecule has 0 bridgehead atoms. The van der Waals surface area contributed by atoms with E-state index in [0.29, 0.717) is 22.4 Å². The quantitative estimate of drug-likeness (QED) is 0.305. The normalized spacial score (nSPS) is 15.8. The Labute approximate surface area is 207 Å². The van der Waals surface area contributed by atoms with Gasteiger partial charge in [-0.05, 0) is 90.6 Å². The lowest BCUT2D eigenvalue weighted by Gasteiger charge is -2.14. The standard InChI is InChI=1S/C27H23N3O4S/c1-32-22-11-7-19(8-12-22)28-27-30(18-24-6-4-16-34-24)26(31)25(35-27)17-21-5-3-15-29(21)20-9-13-23(33-2)14-10-20/h3-17H,18H2,1-2H3/b25-17-,28-27?. The predicted molar refractivity (Wildman–Crippen MR) is 137 cm³/mol. The van der Waals surface area contributed by atoms with Crippen LogP contribution in [0, 0.1) is 0 Å². The number of aliphatic imine (C=N–C) groups is 1. The summed E-state index contributed by atoms with van der Waals surface area (Å²) < 4.78 is 18.0. The molecule has 35 heavy (non-hydrogen) atoms. The lowest BCUT2D eigenvalue weighted by atomic mass is 10.2. The van der Waals surface area contributed by atoms with Gasteiger partial charge in [-0.3, -0.25) is 9.69 Å². The Kier molecular flexibility index (Phi) is 6.45. The van der Waals surface area contributed by atoms with Gasteiger partial charge in [0.1, 0.15) is 17.3 Å². The molecule has 0 atom stereocenters. The van der Waals surface area contributed by atoms with Crippen molar-refractivity contribution in [3.05, 3.63) is 102 Å². The lowest BCUT2D eigenvalue weighted by Crippen LogP contribution is -2.28. The number of carbonyl (C=O) groups excluding carboxylic acids is 1. The molecule has 2 aromatic heterocycles. The van der Waals surface area contributed by atoms with E-state index in [0.717, 1.165) is 28.6 Å². The topological polar surface area (TPSA) is 69.2 Å². The summed E-state index contributed by atoms with van der Waals surface area (Å²) in [5, 5.41) is 0.588. The number of amides is 1. The minimum absolute atomic E-state index is 0.124. The van der Waals surface area contributed by atoms with Crippen molar-refractivity contribution in [3.63, 3.8) is 0 Å². The van der Waals surface area contributed by atoms with Gasteiger partial charge in [0.15, 0.2) is 5.17 Å². The van der Waals surface area contributed by atoms with E-state index >= 15 is 0 Å². The van der Waals surface area contributed by atoms with Crippen LogP contribution in [-0.2, 0) is 11.3 Å². The third-order valence-electron chi connectivity index (χ3n) is 5.49. The summed E-state index contributed by atoms with van der Waals surface area (Å²) in [6.07, 6.45) is 5.45. The molecule has 0 unspecified atom stereocenters. The van der Waals surface area contributed by atoms with Crippen LogP contribution < -0.4 is 9.47 Å². The summed E-state index contributed by atoms with van der Waals surface area (Å²) in [5.41, 5.74) is 2.58. The van der Waals surface area contributed by atoms with E-state index in [1.165, 1.54) is 11.8 Å². The Morgan fingerprint density at radius 2 is 1.66 bits per heavy atom. The van der Waals surface area contributed by atoms with E-state index < -0.39 is 0 Å². The monoisotopic (exact) mass is 485 g/mol. The van der Waals surface area contributed by atoms with E-state index in [9.17, 15) is 4.79 Å². The second kappa shape index (κ2) is 9.99. The van der Waals surface area contributed by atoms with Crippen molar-refractivity contribution in [1.29, 1.82) is 0 Å². The van der Waals surface area contributed by atoms with E-state index in [4.69, 9.17) is 18.9 Å². The molecule has 1 fully saturated rings. The summed E-state index contributed by atoms with van der Waals surface area (Å²) in [7, 11) is 3.26. The molecule has 176 valence electrons. The van der Waals surface area contributed by atoms with Gasteiger partial charge in [0.2, 0.25) is 0 Å². The van der Waals surface area contributed by atoms with Crippen molar-refractivity contribution >= 4 is 34.6 Å². The van der Waals surface area contributed by atoms with E-state index in [2.05, 4.69) is 0 Å². The molecule has 0 radical (unpaired) electrons. The Hall–Kier alpha value is -4.17. The Morgan fingerprint density at radius 3 is 2.31 bits per heavy atom. The van der Waals surface area contributed by atoms with Crippen LogP contribution in [-0.4, -0.2) is 34.8 Å². The van der Waals surface area contributed by atoms with Crippen molar-refractivity contribution in [2.75, 3.05) is 14.2 Å². The van der Waals surface area contributed by atoms with Crippen LogP contribution in [0.4, 0.5) is 5.69 Å². The maximum Gasteiger partial charge on any atom is 0.267 e. The maximum atomic E-state index is 13.5. The number of amidine groups is 1. The first-order valence-corrected chi connectivity index (χ1v) is 11.7. The number of hydrogen-bond acceptors (Lipinski definition) is 6. The number of nitrogens with zero attached hydrogens (tertiary/aromatic N) is 3. The number of thioether (sulfide) groups is 1. The van der Waals surface area contributed by atoms with Crippen molar-refractivity contribution < 1.29 is 18.7 Å². The Bertz CT molecular complexity index is 1370.